The van der Waals surface area contributed by atoms with Gasteiger partial charge in [0.2, 0.25) is 11.8 Å². The highest BCUT2D eigenvalue weighted by atomic mass is 79.9. The number of rotatable bonds is 5. The number of amides is 2. The fourth-order valence-corrected chi connectivity index (χ4v) is 1.79. The molecule has 0 saturated carbocycles. The van der Waals surface area contributed by atoms with Gasteiger partial charge in [0, 0.05) is 5.69 Å². The molecule has 0 radical (unpaired) electrons. The average molecular weight is 370 g/mol. The molecular weight excluding hydrogens is 359 g/mol. The van der Waals surface area contributed by atoms with Crippen molar-refractivity contribution in [3.05, 3.63) is 22.7 Å². The van der Waals surface area contributed by atoms with Gasteiger partial charge in [-0.2, -0.15) is 0 Å². The van der Waals surface area contributed by atoms with E-state index in [2.05, 4.69) is 26.0 Å². The van der Waals surface area contributed by atoms with E-state index in [0.29, 0.717) is 0 Å². The largest absolute Gasteiger partial charge is 0.573 e. The molecule has 1 aromatic rings. The molecule has 0 heterocycles. The van der Waals surface area contributed by atoms with Crippen LogP contribution in [0.25, 0.3) is 0 Å². The molecule has 0 spiro atoms. The summed E-state index contributed by atoms with van der Waals surface area (Å²) in [5, 5.41) is 2.34. The monoisotopic (exact) mass is 369 g/mol. The van der Waals surface area contributed by atoms with Gasteiger partial charge in [-0.05, 0) is 34.1 Å². The first-order chi connectivity index (χ1) is 9.58. The summed E-state index contributed by atoms with van der Waals surface area (Å²) in [7, 11) is 0. The first-order valence-corrected chi connectivity index (χ1v) is 6.28. The number of hydrogen-bond acceptors (Lipinski definition) is 4. The zero-order valence-electron chi connectivity index (χ0n) is 10.4. The van der Waals surface area contributed by atoms with Gasteiger partial charge in [-0.25, -0.2) is 0 Å². The first-order valence-electron chi connectivity index (χ1n) is 5.48. The standard InChI is InChI=1S/C11H11BrF3N3O3/c12-6-3-5(1-2-8(6)21-11(13,14)15)18-10(20)7(16)4-9(17)19/h1-3,7H,4,16H2,(H2,17,19)(H,18,20). The summed E-state index contributed by atoms with van der Waals surface area (Å²) in [5.74, 6) is -1.89. The van der Waals surface area contributed by atoms with Crippen LogP contribution in [-0.4, -0.2) is 24.2 Å². The number of ether oxygens (including phenoxy) is 1. The van der Waals surface area contributed by atoms with Crippen molar-refractivity contribution >= 4 is 33.4 Å². The second kappa shape index (κ2) is 6.76. The summed E-state index contributed by atoms with van der Waals surface area (Å²) in [5.41, 5.74) is 10.5. The van der Waals surface area contributed by atoms with Crippen LogP contribution in [0.2, 0.25) is 0 Å². The summed E-state index contributed by atoms with van der Waals surface area (Å²) in [4.78, 5) is 22.2. The van der Waals surface area contributed by atoms with Gasteiger partial charge >= 0.3 is 6.36 Å². The van der Waals surface area contributed by atoms with Gasteiger partial charge in [-0.15, -0.1) is 13.2 Å². The lowest BCUT2D eigenvalue weighted by atomic mass is 10.2. The Morgan fingerprint density at radius 3 is 2.48 bits per heavy atom. The van der Waals surface area contributed by atoms with Crippen LogP contribution in [0.4, 0.5) is 18.9 Å². The summed E-state index contributed by atoms with van der Waals surface area (Å²) in [6.45, 7) is 0. The maximum Gasteiger partial charge on any atom is 0.573 e. The number of benzene rings is 1. The molecular formula is C11H11BrF3N3O3. The molecule has 0 bridgehead atoms. The lowest BCUT2D eigenvalue weighted by Crippen LogP contribution is -2.38. The summed E-state index contributed by atoms with van der Waals surface area (Å²) in [6.07, 6.45) is -5.17. The van der Waals surface area contributed by atoms with Gasteiger partial charge in [0.25, 0.3) is 0 Å². The van der Waals surface area contributed by atoms with Gasteiger partial charge in [-0.1, -0.05) is 0 Å². The summed E-state index contributed by atoms with van der Waals surface area (Å²) >= 11 is 2.89. The molecule has 0 aliphatic carbocycles. The van der Waals surface area contributed by atoms with E-state index in [1.807, 2.05) is 0 Å². The van der Waals surface area contributed by atoms with Crippen molar-refractivity contribution in [2.75, 3.05) is 5.32 Å². The Morgan fingerprint density at radius 1 is 1.38 bits per heavy atom. The summed E-state index contributed by atoms with van der Waals surface area (Å²) in [6, 6.07) is 2.27. The van der Waals surface area contributed by atoms with E-state index in [9.17, 15) is 22.8 Å². The Balaban J connectivity index is 2.76. The maximum atomic E-state index is 12.1. The van der Waals surface area contributed by atoms with E-state index in [1.54, 1.807) is 0 Å². The molecule has 0 aliphatic heterocycles. The number of nitrogens with two attached hydrogens (primary N) is 2. The molecule has 116 valence electrons. The molecule has 1 unspecified atom stereocenters. The van der Waals surface area contributed by atoms with E-state index in [1.165, 1.54) is 12.1 Å². The topological polar surface area (TPSA) is 107 Å². The van der Waals surface area contributed by atoms with E-state index in [0.717, 1.165) is 6.07 Å². The number of alkyl halides is 3. The van der Waals surface area contributed by atoms with Crippen LogP contribution in [0.3, 0.4) is 0 Å². The molecule has 1 rings (SSSR count). The normalized spacial score (nSPS) is 12.6. The number of hydrogen-bond donors (Lipinski definition) is 3. The minimum absolute atomic E-state index is 0.0129. The van der Waals surface area contributed by atoms with Gasteiger partial charge < -0.3 is 21.5 Å². The van der Waals surface area contributed by atoms with Crippen LogP contribution < -0.4 is 21.5 Å². The van der Waals surface area contributed by atoms with Crippen molar-refractivity contribution < 1.29 is 27.5 Å². The molecule has 0 aliphatic rings. The van der Waals surface area contributed by atoms with E-state index in [4.69, 9.17) is 11.5 Å². The van der Waals surface area contributed by atoms with E-state index >= 15 is 0 Å². The average Bonchev–Trinajstić information content (AvgIpc) is 2.30. The summed E-state index contributed by atoms with van der Waals surface area (Å²) < 4.78 is 40.0. The van der Waals surface area contributed by atoms with Gasteiger partial charge in [0.15, 0.2) is 0 Å². The molecule has 10 heteroatoms. The van der Waals surface area contributed by atoms with E-state index < -0.39 is 30.0 Å². The van der Waals surface area contributed by atoms with Crippen LogP contribution in [-0.2, 0) is 9.59 Å². The minimum Gasteiger partial charge on any atom is -0.405 e. The first kappa shape index (κ1) is 17.2. The Bertz CT molecular complexity index is 551. The molecule has 1 atom stereocenters. The lowest BCUT2D eigenvalue weighted by Gasteiger charge is -2.13. The van der Waals surface area contributed by atoms with E-state index in [-0.39, 0.29) is 16.6 Å². The fourth-order valence-electron chi connectivity index (χ4n) is 1.33. The molecule has 21 heavy (non-hydrogen) atoms. The number of carbonyl (C=O) groups excluding carboxylic acids is 2. The smallest absolute Gasteiger partial charge is 0.405 e. The van der Waals surface area contributed by atoms with Crippen molar-refractivity contribution in [3.8, 4) is 5.75 Å². The Labute approximate surface area is 125 Å². The van der Waals surface area contributed by atoms with Crippen molar-refractivity contribution in [2.45, 2.75) is 18.8 Å². The highest BCUT2D eigenvalue weighted by molar-refractivity contribution is 9.10. The van der Waals surface area contributed by atoms with Crippen molar-refractivity contribution in [2.24, 2.45) is 11.5 Å². The molecule has 1 aromatic carbocycles. The number of nitrogens with one attached hydrogen (secondary N) is 1. The van der Waals surface area contributed by atoms with Crippen molar-refractivity contribution in [1.29, 1.82) is 0 Å². The van der Waals surface area contributed by atoms with Crippen LogP contribution in [0, 0.1) is 0 Å². The van der Waals surface area contributed by atoms with Gasteiger partial charge in [-0.3, -0.25) is 9.59 Å². The highest BCUT2D eigenvalue weighted by Gasteiger charge is 2.32. The number of halogens is 4. The highest BCUT2D eigenvalue weighted by Crippen LogP contribution is 2.32. The Hall–Kier alpha value is -1.81. The number of primary amides is 1. The van der Waals surface area contributed by atoms with Gasteiger partial charge in [0.05, 0.1) is 16.9 Å². The third-order valence-electron chi connectivity index (χ3n) is 2.18. The van der Waals surface area contributed by atoms with Gasteiger partial charge in [0.1, 0.15) is 5.75 Å². The predicted octanol–water partition coefficient (Wildman–Crippen LogP) is 1.49. The van der Waals surface area contributed by atoms with Crippen molar-refractivity contribution in [3.63, 3.8) is 0 Å². The quantitative estimate of drug-likeness (QED) is 0.730. The second-order valence-corrected chi connectivity index (χ2v) is 4.81. The zero-order chi connectivity index (χ0) is 16.2. The van der Waals surface area contributed by atoms with Crippen LogP contribution in [0.1, 0.15) is 6.42 Å². The predicted molar refractivity (Wildman–Crippen MR) is 71.2 cm³/mol. The molecule has 2 amide bonds. The minimum atomic E-state index is -4.82. The Morgan fingerprint density at radius 2 is 2.00 bits per heavy atom. The van der Waals surface area contributed by atoms with Crippen LogP contribution >= 0.6 is 15.9 Å². The fraction of sp³-hybridized carbons (Fsp3) is 0.273. The van der Waals surface area contributed by atoms with Crippen LogP contribution in [0.15, 0.2) is 22.7 Å². The number of anilines is 1. The van der Waals surface area contributed by atoms with Crippen LogP contribution in [0.5, 0.6) is 5.75 Å². The lowest BCUT2D eigenvalue weighted by molar-refractivity contribution is -0.274. The van der Waals surface area contributed by atoms with Crippen molar-refractivity contribution in [1.82, 2.24) is 0 Å². The SMILES string of the molecule is NC(=O)CC(N)C(=O)Nc1ccc(OC(F)(F)F)c(Br)c1. The molecule has 0 fully saturated rings. The second-order valence-electron chi connectivity index (χ2n) is 3.96. The third-order valence-corrected chi connectivity index (χ3v) is 2.80. The Kier molecular flexibility index (Phi) is 5.55. The molecule has 6 nitrogen and oxygen atoms in total. The molecule has 0 aromatic heterocycles. The molecule has 5 N–H and O–H groups in total. The third kappa shape index (κ3) is 6.00. The maximum absolute atomic E-state index is 12.1. The molecule has 0 saturated heterocycles. The number of carbonyl (C=O) groups is 2. The zero-order valence-corrected chi connectivity index (χ0v) is 12.0.